The molecule has 0 aromatic heterocycles. The van der Waals surface area contributed by atoms with Crippen molar-refractivity contribution in [2.75, 3.05) is 7.11 Å². The number of carbonyl (C=O) groups excluding carboxylic acids is 2. The molecule has 2 aromatic rings. The van der Waals surface area contributed by atoms with Gasteiger partial charge in [-0.3, -0.25) is 4.79 Å². The number of ether oxygens (including phenoxy) is 2. The predicted molar refractivity (Wildman–Crippen MR) is 130 cm³/mol. The molecule has 1 heterocycles. The zero-order chi connectivity index (χ0) is 24.4. The molecule has 0 radical (unpaired) electrons. The SMILES string of the molecule is CC[C@H](C)OC(=O)C1=C(C)NC2=C(C(=O)C[C@@H](c3ccc(OC)cc3)C2)[C@H]1c1ccc(O)cc1. The van der Waals surface area contributed by atoms with E-state index in [1.807, 2.05) is 45.0 Å². The second-order valence-electron chi connectivity index (χ2n) is 9.01. The first-order valence-corrected chi connectivity index (χ1v) is 11.7. The van der Waals surface area contributed by atoms with Crippen LogP contribution in [-0.4, -0.2) is 30.1 Å². The normalized spacial score (nSPS) is 21.0. The summed E-state index contributed by atoms with van der Waals surface area (Å²) in [6.45, 7) is 5.67. The smallest absolute Gasteiger partial charge is 0.337 e. The van der Waals surface area contributed by atoms with Crippen LogP contribution in [0.25, 0.3) is 0 Å². The number of aromatic hydroxyl groups is 1. The molecular weight excluding hydrogens is 430 g/mol. The lowest BCUT2D eigenvalue weighted by Gasteiger charge is -2.37. The van der Waals surface area contributed by atoms with Gasteiger partial charge in [-0.1, -0.05) is 31.2 Å². The Bertz CT molecular complexity index is 1140. The molecule has 178 valence electrons. The summed E-state index contributed by atoms with van der Waals surface area (Å²) in [6.07, 6.45) is 1.48. The van der Waals surface area contributed by atoms with Gasteiger partial charge in [-0.15, -0.1) is 0 Å². The topological polar surface area (TPSA) is 84.9 Å². The molecular formula is C28H31NO5. The Morgan fingerprint density at radius 3 is 2.35 bits per heavy atom. The maximum Gasteiger partial charge on any atom is 0.337 e. The molecule has 0 amide bonds. The second kappa shape index (κ2) is 9.75. The molecule has 2 aromatic carbocycles. The molecule has 0 saturated heterocycles. The van der Waals surface area contributed by atoms with Gasteiger partial charge in [0.2, 0.25) is 0 Å². The average Bonchev–Trinajstić information content (AvgIpc) is 2.83. The third-order valence-corrected chi connectivity index (χ3v) is 6.74. The molecule has 34 heavy (non-hydrogen) atoms. The summed E-state index contributed by atoms with van der Waals surface area (Å²) in [5.74, 6) is -0.0182. The largest absolute Gasteiger partial charge is 0.508 e. The lowest BCUT2D eigenvalue weighted by atomic mass is 9.71. The summed E-state index contributed by atoms with van der Waals surface area (Å²) in [7, 11) is 1.63. The molecule has 1 aliphatic heterocycles. The van der Waals surface area contributed by atoms with Crippen LogP contribution in [0.15, 0.2) is 71.1 Å². The van der Waals surface area contributed by atoms with Crippen LogP contribution in [0.1, 0.15) is 63.0 Å². The molecule has 0 spiro atoms. The highest BCUT2D eigenvalue weighted by atomic mass is 16.5. The highest BCUT2D eigenvalue weighted by Gasteiger charge is 2.41. The Morgan fingerprint density at radius 1 is 1.09 bits per heavy atom. The highest BCUT2D eigenvalue weighted by Crippen LogP contribution is 2.46. The summed E-state index contributed by atoms with van der Waals surface area (Å²) < 4.78 is 10.9. The van der Waals surface area contributed by atoms with E-state index in [1.165, 1.54) is 0 Å². The lowest BCUT2D eigenvalue weighted by molar-refractivity contribution is -0.144. The average molecular weight is 462 g/mol. The summed E-state index contributed by atoms with van der Waals surface area (Å²) in [4.78, 5) is 26.8. The zero-order valence-electron chi connectivity index (χ0n) is 20.1. The Morgan fingerprint density at radius 2 is 1.74 bits per heavy atom. The van der Waals surface area contributed by atoms with E-state index in [4.69, 9.17) is 9.47 Å². The van der Waals surface area contributed by atoms with Crippen LogP contribution in [0, 0.1) is 0 Å². The third kappa shape index (κ3) is 4.58. The predicted octanol–water partition coefficient (Wildman–Crippen LogP) is 5.10. The minimum Gasteiger partial charge on any atom is -0.508 e. The maximum absolute atomic E-state index is 13.6. The number of ketones is 1. The monoisotopic (exact) mass is 461 g/mol. The number of dihydropyridines is 1. The first-order chi connectivity index (χ1) is 16.3. The van der Waals surface area contributed by atoms with Crippen LogP contribution in [0.5, 0.6) is 11.5 Å². The first kappa shape index (κ1) is 23.6. The molecule has 1 aliphatic carbocycles. The van der Waals surface area contributed by atoms with Crippen LogP contribution < -0.4 is 10.1 Å². The Balaban J connectivity index is 1.75. The van der Waals surface area contributed by atoms with E-state index in [2.05, 4.69) is 5.32 Å². The summed E-state index contributed by atoms with van der Waals surface area (Å²) in [5.41, 5.74) is 4.44. The molecule has 4 rings (SSSR count). The number of esters is 1. The second-order valence-corrected chi connectivity index (χ2v) is 9.01. The quantitative estimate of drug-likeness (QED) is 0.582. The van der Waals surface area contributed by atoms with E-state index >= 15 is 0 Å². The zero-order valence-corrected chi connectivity index (χ0v) is 20.1. The minimum absolute atomic E-state index is 0.00832. The number of Topliss-reactive ketones (excluding diaryl/α,β-unsaturated/α-hetero) is 1. The highest BCUT2D eigenvalue weighted by molar-refractivity contribution is 6.04. The van der Waals surface area contributed by atoms with Crippen molar-refractivity contribution in [3.63, 3.8) is 0 Å². The first-order valence-electron chi connectivity index (χ1n) is 11.7. The number of hydrogen-bond donors (Lipinski definition) is 2. The van der Waals surface area contributed by atoms with Gasteiger partial charge in [0.05, 0.1) is 18.8 Å². The number of hydrogen-bond acceptors (Lipinski definition) is 6. The number of phenols is 1. The summed E-state index contributed by atoms with van der Waals surface area (Å²) in [5, 5.41) is 13.2. The van der Waals surface area contributed by atoms with Crippen LogP contribution in [0.4, 0.5) is 0 Å². The van der Waals surface area contributed by atoms with Crippen molar-refractivity contribution in [2.24, 2.45) is 0 Å². The van der Waals surface area contributed by atoms with Crippen molar-refractivity contribution < 1.29 is 24.2 Å². The lowest BCUT2D eigenvalue weighted by Crippen LogP contribution is -2.36. The van der Waals surface area contributed by atoms with Crippen LogP contribution in [0.3, 0.4) is 0 Å². The molecule has 2 N–H and O–H groups in total. The molecule has 0 unspecified atom stereocenters. The van der Waals surface area contributed by atoms with Crippen molar-refractivity contribution in [3.8, 4) is 11.5 Å². The number of carbonyl (C=O) groups is 2. The molecule has 6 nitrogen and oxygen atoms in total. The van der Waals surface area contributed by atoms with Crippen LogP contribution >= 0.6 is 0 Å². The van der Waals surface area contributed by atoms with Crippen molar-refractivity contribution in [3.05, 3.63) is 82.2 Å². The van der Waals surface area contributed by atoms with E-state index in [-0.39, 0.29) is 23.6 Å². The van der Waals surface area contributed by atoms with Crippen LogP contribution in [-0.2, 0) is 14.3 Å². The summed E-state index contributed by atoms with van der Waals surface area (Å²) in [6, 6.07) is 14.5. The molecule has 0 bridgehead atoms. The fraction of sp³-hybridized carbons (Fsp3) is 0.357. The van der Waals surface area contributed by atoms with Crippen molar-refractivity contribution in [2.45, 2.75) is 58.0 Å². The number of methoxy groups -OCH3 is 1. The van der Waals surface area contributed by atoms with E-state index in [1.54, 1.807) is 31.4 Å². The number of rotatable bonds is 6. The van der Waals surface area contributed by atoms with E-state index in [9.17, 15) is 14.7 Å². The van der Waals surface area contributed by atoms with Gasteiger partial charge in [-0.2, -0.15) is 0 Å². The van der Waals surface area contributed by atoms with E-state index < -0.39 is 11.9 Å². The van der Waals surface area contributed by atoms with Gasteiger partial charge in [-0.25, -0.2) is 4.79 Å². The number of benzene rings is 2. The van der Waals surface area contributed by atoms with Gasteiger partial charge in [0.1, 0.15) is 11.5 Å². The van der Waals surface area contributed by atoms with Gasteiger partial charge in [0.25, 0.3) is 0 Å². The van der Waals surface area contributed by atoms with Gasteiger partial charge >= 0.3 is 5.97 Å². The van der Waals surface area contributed by atoms with Gasteiger partial charge in [-0.05, 0) is 68.0 Å². The maximum atomic E-state index is 13.6. The standard InChI is InChI=1S/C28H31NO5/c1-5-16(2)34-28(32)25-17(3)29-23-14-20(18-8-12-22(33-4)13-9-18)15-24(31)27(23)26(25)19-6-10-21(30)11-7-19/h6-13,16,20,26,29-30H,5,14-15H2,1-4H3/t16-,20-,26-/m0/s1. The summed E-state index contributed by atoms with van der Waals surface area (Å²) >= 11 is 0. The van der Waals surface area contributed by atoms with Gasteiger partial charge in [0.15, 0.2) is 5.78 Å². The fourth-order valence-electron chi connectivity index (χ4n) is 4.75. The molecule has 2 aliphatic rings. The Hall–Kier alpha value is -3.54. The van der Waals surface area contributed by atoms with E-state index in [0.29, 0.717) is 36.1 Å². The molecule has 0 saturated carbocycles. The van der Waals surface area contributed by atoms with E-state index in [0.717, 1.165) is 22.6 Å². The Kier molecular flexibility index (Phi) is 6.77. The van der Waals surface area contributed by atoms with Crippen molar-refractivity contribution in [1.29, 1.82) is 0 Å². The van der Waals surface area contributed by atoms with Crippen molar-refractivity contribution >= 4 is 11.8 Å². The number of allylic oxidation sites excluding steroid dienone is 3. The fourth-order valence-corrected chi connectivity index (χ4v) is 4.75. The van der Waals surface area contributed by atoms with Gasteiger partial charge in [0, 0.05) is 29.3 Å². The van der Waals surface area contributed by atoms with Crippen LogP contribution in [0.2, 0.25) is 0 Å². The minimum atomic E-state index is -0.544. The Labute approximate surface area is 200 Å². The third-order valence-electron chi connectivity index (χ3n) is 6.74. The number of nitrogens with one attached hydrogen (secondary N) is 1. The van der Waals surface area contributed by atoms with Gasteiger partial charge < -0.3 is 19.9 Å². The molecule has 6 heteroatoms. The molecule has 0 fully saturated rings. The number of phenolic OH excluding ortho intramolecular Hbond substituents is 1. The molecule has 3 atom stereocenters. The van der Waals surface area contributed by atoms with Crippen molar-refractivity contribution in [1.82, 2.24) is 5.32 Å².